The molecule has 0 unspecified atom stereocenters. The molecule has 33 heavy (non-hydrogen) atoms. The summed E-state index contributed by atoms with van der Waals surface area (Å²) >= 11 is 3.13. The third-order valence-electron chi connectivity index (χ3n) is 5.62. The van der Waals surface area contributed by atoms with Gasteiger partial charge < -0.3 is 10.4 Å². The minimum absolute atomic E-state index is 0.126. The van der Waals surface area contributed by atoms with E-state index >= 15 is 0 Å². The predicted octanol–water partition coefficient (Wildman–Crippen LogP) is 3.31. The Balaban J connectivity index is 1.99. The maximum atomic E-state index is 14.3. The number of aromatic nitrogens is 2. The van der Waals surface area contributed by atoms with E-state index in [1.165, 1.54) is 28.2 Å². The van der Waals surface area contributed by atoms with Crippen LogP contribution in [-0.4, -0.2) is 55.7 Å². The van der Waals surface area contributed by atoms with Gasteiger partial charge in [0, 0.05) is 31.7 Å². The second-order valence-corrected chi connectivity index (χ2v) is 10.8. The maximum absolute atomic E-state index is 14.3. The SMILES string of the molecule is CNC(=O)c1c2cc(C3CC3)c(N(CCCO)S(C)(=O)=O)cc2nn1-c1ccc(Br)c(F)c1. The number of carbonyl (C=O) groups is 1. The number of amides is 1. The summed E-state index contributed by atoms with van der Waals surface area (Å²) in [6.07, 6.45) is 3.24. The van der Waals surface area contributed by atoms with Gasteiger partial charge in [0.15, 0.2) is 0 Å². The van der Waals surface area contributed by atoms with Crippen LogP contribution in [0.2, 0.25) is 0 Å². The van der Waals surface area contributed by atoms with Crippen LogP contribution in [0.1, 0.15) is 41.2 Å². The fourth-order valence-corrected chi connectivity index (χ4v) is 5.12. The molecule has 0 bridgehead atoms. The summed E-state index contributed by atoms with van der Waals surface area (Å²) in [5.41, 5.74) is 2.33. The van der Waals surface area contributed by atoms with Crippen molar-refractivity contribution in [3.05, 3.63) is 51.9 Å². The molecular weight excluding hydrogens is 515 g/mol. The quantitative estimate of drug-likeness (QED) is 0.457. The molecule has 8 nitrogen and oxygen atoms in total. The zero-order chi connectivity index (χ0) is 23.9. The zero-order valence-electron chi connectivity index (χ0n) is 18.2. The van der Waals surface area contributed by atoms with Gasteiger partial charge in [-0.3, -0.25) is 9.10 Å². The number of benzene rings is 2. The van der Waals surface area contributed by atoms with Gasteiger partial charge in [-0.25, -0.2) is 17.5 Å². The lowest BCUT2D eigenvalue weighted by Gasteiger charge is -2.25. The largest absolute Gasteiger partial charge is 0.396 e. The molecule has 0 radical (unpaired) electrons. The summed E-state index contributed by atoms with van der Waals surface area (Å²) in [5.74, 6) is -0.717. The first-order valence-corrected chi connectivity index (χ1v) is 13.1. The maximum Gasteiger partial charge on any atom is 0.270 e. The van der Waals surface area contributed by atoms with Gasteiger partial charge in [-0.15, -0.1) is 0 Å². The molecule has 1 aromatic heterocycles. The van der Waals surface area contributed by atoms with E-state index in [2.05, 4.69) is 26.3 Å². The van der Waals surface area contributed by atoms with E-state index in [9.17, 15) is 22.7 Å². The Labute approximate surface area is 199 Å². The molecule has 1 heterocycles. The molecule has 1 aliphatic rings. The lowest BCUT2D eigenvalue weighted by atomic mass is 10.0. The van der Waals surface area contributed by atoms with Gasteiger partial charge >= 0.3 is 0 Å². The number of aliphatic hydroxyl groups is 1. The van der Waals surface area contributed by atoms with Gasteiger partial charge in [0.1, 0.15) is 11.5 Å². The van der Waals surface area contributed by atoms with Crippen molar-refractivity contribution in [2.45, 2.75) is 25.2 Å². The van der Waals surface area contributed by atoms with Crippen molar-refractivity contribution in [1.82, 2.24) is 15.1 Å². The number of carbonyl (C=O) groups excluding carboxylic acids is 1. The zero-order valence-corrected chi connectivity index (χ0v) is 20.6. The van der Waals surface area contributed by atoms with Crippen LogP contribution in [0.25, 0.3) is 16.6 Å². The predicted molar refractivity (Wildman–Crippen MR) is 128 cm³/mol. The average Bonchev–Trinajstić information content (AvgIpc) is 3.54. The van der Waals surface area contributed by atoms with Crippen LogP contribution in [0.4, 0.5) is 10.1 Å². The summed E-state index contributed by atoms with van der Waals surface area (Å²) in [4.78, 5) is 12.8. The first kappa shape index (κ1) is 23.7. The number of anilines is 1. The first-order valence-electron chi connectivity index (χ1n) is 10.5. The highest BCUT2D eigenvalue weighted by molar-refractivity contribution is 9.10. The second kappa shape index (κ2) is 9.03. The number of nitrogens with one attached hydrogen (secondary N) is 1. The van der Waals surface area contributed by atoms with E-state index in [0.717, 1.165) is 24.7 Å². The summed E-state index contributed by atoms with van der Waals surface area (Å²) in [7, 11) is -2.12. The van der Waals surface area contributed by atoms with Crippen molar-refractivity contribution in [3.63, 3.8) is 0 Å². The van der Waals surface area contributed by atoms with Crippen LogP contribution in [0.3, 0.4) is 0 Å². The number of rotatable bonds is 8. The van der Waals surface area contributed by atoms with Crippen LogP contribution in [-0.2, 0) is 10.0 Å². The van der Waals surface area contributed by atoms with Gasteiger partial charge in [0.2, 0.25) is 10.0 Å². The minimum atomic E-state index is -3.62. The number of hydrogen-bond donors (Lipinski definition) is 2. The highest BCUT2D eigenvalue weighted by Crippen LogP contribution is 2.46. The van der Waals surface area contributed by atoms with Crippen molar-refractivity contribution >= 4 is 48.5 Å². The smallest absolute Gasteiger partial charge is 0.270 e. The molecule has 176 valence electrons. The number of fused-ring (bicyclic) bond motifs is 1. The topological polar surface area (TPSA) is 105 Å². The van der Waals surface area contributed by atoms with Gasteiger partial charge in [-0.05, 0) is 70.9 Å². The minimum Gasteiger partial charge on any atom is -0.396 e. The van der Waals surface area contributed by atoms with Crippen LogP contribution in [0.15, 0.2) is 34.8 Å². The third-order valence-corrected chi connectivity index (χ3v) is 7.44. The summed E-state index contributed by atoms with van der Waals surface area (Å²) < 4.78 is 42.4. The van der Waals surface area contributed by atoms with Crippen LogP contribution >= 0.6 is 15.9 Å². The Bertz CT molecular complexity index is 1340. The number of aliphatic hydroxyl groups excluding tert-OH is 1. The number of hydrogen-bond acceptors (Lipinski definition) is 5. The highest BCUT2D eigenvalue weighted by atomic mass is 79.9. The van der Waals surface area contributed by atoms with E-state index in [1.807, 2.05) is 6.07 Å². The van der Waals surface area contributed by atoms with Gasteiger partial charge in [0.05, 0.1) is 27.6 Å². The van der Waals surface area contributed by atoms with E-state index in [4.69, 9.17) is 0 Å². The lowest BCUT2D eigenvalue weighted by molar-refractivity contribution is 0.0957. The van der Waals surface area contributed by atoms with E-state index in [-0.39, 0.29) is 35.7 Å². The Morgan fingerprint density at radius 1 is 1.33 bits per heavy atom. The fourth-order valence-electron chi connectivity index (χ4n) is 3.90. The standard InChI is InChI=1S/C22H24BrFN4O4S/c1-25-22(30)21-16-11-15(13-4-5-13)20(27(8-3-9-29)33(2,31)32)12-19(16)26-28(21)14-6-7-17(23)18(24)10-14/h6-7,10-13,29H,3-5,8-9H2,1-2H3,(H,25,30). The molecule has 4 rings (SSSR count). The number of sulfonamides is 1. The molecule has 1 saturated carbocycles. The molecule has 11 heteroatoms. The Morgan fingerprint density at radius 2 is 2.06 bits per heavy atom. The normalized spacial score (nSPS) is 14.0. The molecule has 1 fully saturated rings. The molecule has 0 aliphatic heterocycles. The Morgan fingerprint density at radius 3 is 2.64 bits per heavy atom. The van der Waals surface area contributed by atoms with Crippen molar-refractivity contribution in [3.8, 4) is 5.69 Å². The monoisotopic (exact) mass is 538 g/mol. The van der Waals surface area contributed by atoms with Crippen molar-refractivity contribution in [2.75, 3.05) is 30.8 Å². The van der Waals surface area contributed by atoms with Gasteiger partial charge in [-0.1, -0.05) is 0 Å². The highest BCUT2D eigenvalue weighted by Gasteiger charge is 2.32. The molecule has 0 saturated heterocycles. The average molecular weight is 539 g/mol. The van der Waals surface area contributed by atoms with Crippen LogP contribution < -0.4 is 9.62 Å². The first-order chi connectivity index (χ1) is 15.7. The van der Waals surface area contributed by atoms with Crippen LogP contribution in [0.5, 0.6) is 0 Å². The Hall–Kier alpha value is -2.50. The molecule has 0 atom stereocenters. The van der Waals surface area contributed by atoms with E-state index in [1.54, 1.807) is 12.1 Å². The second-order valence-electron chi connectivity index (χ2n) is 8.05. The summed E-state index contributed by atoms with van der Waals surface area (Å²) in [6.45, 7) is -0.0148. The Kier molecular flexibility index (Phi) is 6.47. The molecule has 1 amide bonds. The third kappa shape index (κ3) is 4.62. The molecule has 3 aromatic rings. The molecule has 2 aromatic carbocycles. The molecule has 1 aliphatic carbocycles. The number of halogens is 2. The lowest BCUT2D eigenvalue weighted by Crippen LogP contribution is -2.32. The van der Waals surface area contributed by atoms with Crippen LogP contribution in [0, 0.1) is 5.82 Å². The summed E-state index contributed by atoms with van der Waals surface area (Å²) in [5, 5.41) is 17.0. The molecule has 2 N–H and O–H groups in total. The van der Waals surface area contributed by atoms with Crippen molar-refractivity contribution in [2.24, 2.45) is 0 Å². The fraction of sp³-hybridized carbons (Fsp3) is 0.364. The van der Waals surface area contributed by atoms with E-state index in [0.29, 0.717) is 22.3 Å². The van der Waals surface area contributed by atoms with E-state index < -0.39 is 21.7 Å². The van der Waals surface area contributed by atoms with Gasteiger partial charge in [-0.2, -0.15) is 5.10 Å². The van der Waals surface area contributed by atoms with Gasteiger partial charge in [0.25, 0.3) is 5.91 Å². The van der Waals surface area contributed by atoms with Crippen molar-refractivity contribution in [1.29, 1.82) is 0 Å². The molecule has 0 spiro atoms. The van der Waals surface area contributed by atoms with Crippen molar-refractivity contribution < 1.29 is 22.7 Å². The molecular formula is C22H24BrFN4O4S. The summed E-state index contributed by atoms with van der Waals surface area (Å²) in [6, 6.07) is 7.93. The number of nitrogens with zero attached hydrogens (tertiary/aromatic N) is 3.